The van der Waals surface area contributed by atoms with E-state index in [1.165, 1.54) is 30.7 Å². The average molecular weight is 519 g/mol. The Hall–Kier alpha value is -0.290. The van der Waals surface area contributed by atoms with Gasteiger partial charge in [-0.2, -0.15) is 13.2 Å². The predicted octanol–water partition coefficient (Wildman–Crippen LogP) is 3.31. The van der Waals surface area contributed by atoms with Crippen LogP contribution in [-0.4, -0.2) is 80.3 Å². The number of piperidine rings is 1. The average Bonchev–Trinajstić information content (AvgIpc) is 3.03. The minimum Gasteiger partial charge on any atom is -0.357 e. The van der Waals surface area contributed by atoms with E-state index in [1.54, 1.807) is 0 Å². The van der Waals surface area contributed by atoms with Gasteiger partial charge in [-0.25, -0.2) is 0 Å². The lowest BCUT2D eigenvalue weighted by atomic mass is 10.0. The van der Waals surface area contributed by atoms with Crippen LogP contribution in [0.4, 0.5) is 13.2 Å². The molecule has 2 aliphatic rings. The quantitative estimate of drug-likeness (QED) is 0.224. The number of aliphatic imine (C=N–C) groups is 1. The van der Waals surface area contributed by atoms with Crippen molar-refractivity contribution in [1.29, 1.82) is 0 Å². The maximum atomic E-state index is 12.5. The Kier molecular flexibility index (Phi) is 12.0. The first-order valence-corrected chi connectivity index (χ1v) is 10.4. The van der Waals surface area contributed by atoms with Gasteiger partial charge < -0.3 is 15.5 Å². The topological polar surface area (TPSA) is 42.9 Å². The first-order chi connectivity index (χ1) is 12.9. The standard InChI is InChI=1S/C19H36F3N5.HI/c1-3-23-18(24-9-6-11-27-10-5-4-7-16(27)2)25-13-17-8-12-26(14-17)15-19(20,21)22;/h16-17H,3-15H2,1-2H3,(H2,23,24,25);1H. The molecule has 2 N–H and O–H groups in total. The van der Waals surface area contributed by atoms with Gasteiger partial charge in [0.15, 0.2) is 5.96 Å². The summed E-state index contributed by atoms with van der Waals surface area (Å²) in [5.41, 5.74) is 0. The molecule has 2 aliphatic heterocycles. The number of halogens is 4. The van der Waals surface area contributed by atoms with Crippen molar-refractivity contribution in [1.82, 2.24) is 20.4 Å². The summed E-state index contributed by atoms with van der Waals surface area (Å²) in [5.74, 6) is 0.982. The molecule has 166 valence electrons. The monoisotopic (exact) mass is 519 g/mol. The smallest absolute Gasteiger partial charge is 0.357 e. The summed E-state index contributed by atoms with van der Waals surface area (Å²) in [6, 6.07) is 0.683. The fraction of sp³-hybridized carbons (Fsp3) is 0.947. The zero-order valence-electron chi connectivity index (χ0n) is 17.2. The van der Waals surface area contributed by atoms with Crippen molar-refractivity contribution in [2.75, 3.05) is 52.4 Å². The molecule has 0 aromatic carbocycles. The zero-order chi connectivity index (χ0) is 19.7. The van der Waals surface area contributed by atoms with Crippen LogP contribution in [0.2, 0.25) is 0 Å². The first-order valence-electron chi connectivity index (χ1n) is 10.4. The molecule has 0 bridgehead atoms. The van der Waals surface area contributed by atoms with Crippen molar-refractivity contribution < 1.29 is 13.2 Å². The number of rotatable bonds is 8. The maximum absolute atomic E-state index is 12.5. The molecule has 2 saturated heterocycles. The zero-order valence-corrected chi connectivity index (χ0v) is 19.6. The second-order valence-electron chi connectivity index (χ2n) is 7.89. The third-order valence-electron chi connectivity index (χ3n) is 5.48. The highest BCUT2D eigenvalue weighted by Crippen LogP contribution is 2.22. The Morgan fingerprint density at radius 1 is 1.14 bits per heavy atom. The largest absolute Gasteiger partial charge is 0.401 e. The maximum Gasteiger partial charge on any atom is 0.401 e. The van der Waals surface area contributed by atoms with E-state index in [4.69, 9.17) is 0 Å². The molecule has 2 heterocycles. The molecule has 2 fully saturated rings. The van der Waals surface area contributed by atoms with E-state index < -0.39 is 12.7 Å². The summed E-state index contributed by atoms with van der Waals surface area (Å²) in [5, 5.41) is 6.60. The Morgan fingerprint density at radius 2 is 1.93 bits per heavy atom. The Balaban J connectivity index is 0.00000392. The number of alkyl halides is 3. The number of guanidine groups is 1. The van der Waals surface area contributed by atoms with E-state index in [0.29, 0.717) is 25.7 Å². The van der Waals surface area contributed by atoms with Crippen LogP contribution in [0, 0.1) is 5.92 Å². The summed E-state index contributed by atoms with van der Waals surface area (Å²) in [6.45, 7) is 9.03. The van der Waals surface area contributed by atoms with E-state index in [-0.39, 0.29) is 29.9 Å². The van der Waals surface area contributed by atoms with Gasteiger partial charge >= 0.3 is 6.18 Å². The molecule has 0 spiro atoms. The van der Waals surface area contributed by atoms with Crippen LogP contribution in [-0.2, 0) is 0 Å². The van der Waals surface area contributed by atoms with E-state index in [2.05, 4.69) is 27.4 Å². The molecule has 0 amide bonds. The fourth-order valence-corrected chi connectivity index (χ4v) is 4.00. The van der Waals surface area contributed by atoms with Crippen molar-refractivity contribution >= 4 is 29.9 Å². The summed E-state index contributed by atoms with van der Waals surface area (Å²) < 4.78 is 37.5. The normalized spacial score (nSPS) is 24.8. The Labute approximate surface area is 184 Å². The number of hydrogen-bond acceptors (Lipinski definition) is 3. The van der Waals surface area contributed by atoms with Crippen LogP contribution in [0.5, 0.6) is 0 Å². The molecule has 2 atom stereocenters. The molecule has 9 heteroatoms. The number of likely N-dealkylation sites (tertiary alicyclic amines) is 2. The van der Waals surface area contributed by atoms with Gasteiger partial charge in [-0.3, -0.25) is 9.89 Å². The van der Waals surface area contributed by atoms with Gasteiger partial charge in [0.05, 0.1) is 6.54 Å². The lowest BCUT2D eigenvalue weighted by Crippen LogP contribution is -2.41. The van der Waals surface area contributed by atoms with Gasteiger partial charge in [-0.05, 0) is 58.5 Å². The van der Waals surface area contributed by atoms with Crippen molar-refractivity contribution in [2.24, 2.45) is 10.9 Å². The van der Waals surface area contributed by atoms with Crippen LogP contribution in [0.25, 0.3) is 0 Å². The van der Waals surface area contributed by atoms with Gasteiger partial charge in [0, 0.05) is 38.8 Å². The first kappa shape index (κ1) is 25.7. The van der Waals surface area contributed by atoms with E-state index in [1.807, 2.05) is 6.92 Å². The fourth-order valence-electron chi connectivity index (χ4n) is 4.00. The van der Waals surface area contributed by atoms with E-state index in [0.717, 1.165) is 38.4 Å². The van der Waals surface area contributed by atoms with Crippen LogP contribution < -0.4 is 10.6 Å². The summed E-state index contributed by atoms with van der Waals surface area (Å²) in [7, 11) is 0. The third-order valence-corrected chi connectivity index (χ3v) is 5.48. The van der Waals surface area contributed by atoms with Crippen molar-refractivity contribution in [3.05, 3.63) is 0 Å². The minimum atomic E-state index is -4.11. The number of nitrogens with zero attached hydrogens (tertiary/aromatic N) is 3. The van der Waals surface area contributed by atoms with E-state index >= 15 is 0 Å². The molecule has 0 aromatic rings. The Morgan fingerprint density at radius 3 is 2.61 bits per heavy atom. The summed E-state index contributed by atoms with van der Waals surface area (Å²) in [6.07, 6.45) is 1.68. The molecule has 0 radical (unpaired) electrons. The summed E-state index contributed by atoms with van der Waals surface area (Å²) in [4.78, 5) is 8.64. The number of hydrogen-bond donors (Lipinski definition) is 2. The molecule has 0 aromatic heterocycles. The van der Waals surface area contributed by atoms with Crippen molar-refractivity contribution in [3.8, 4) is 0 Å². The second kappa shape index (κ2) is 13.1. The summed E-state index contributed by atoms with van der Waals surface area (Å²) >= 11 is 0. The van der Waals surface area contributed by atoms with Crippen molar-refractivity contribution in [2.45, 2.75) is 58.2 Å². The van der Waals surface area contributed by atoms with Crippen molar-refractivity contribution in [3.63, 3.8) is 0 Å². The van der Waals surface area contributed by atoms with Crippen LogP contribution in [0.1, 0.15) is 46.0 Å². The molecule has 0 aliphatic carbocycles. The number of nitrogens with one attached hydrogen (secondary N) is 2. The highest BCUT2D eigenvalue weighted by atomic mass is 127. The van der Waals surface area contributed by atoms with Gasteiger partial charge in [-0.1, -0.05) is 6.42 Å². The molecule has 2 rings (SSSR count). The SMILES string of the molecule is CCNC(=NCC1CCN(CC(F)(F)F)C1)NCCCN1CCCCC1C.I. The van der Waals surface area contributed by atoms with Crippen LogP contribution in [0.15, 0.2) is 4.99 Å². The van der Waals surface area contributed by atoms with Crippen LogP contribution >= 0.6 is 24.0 Å². The highest BCUT2D eigenvalue weighted by molar-refractivity contribution is 14.0. The van der Waals surface area contributed by atoms with Crippen LogP contribution in [0.3, 0.4) is 0 Å². The van der Waals surface area contributed by atoms with Gasteiger partial charge in [0.1, 0.15) is 0 Å². The third kappa shape index (κ3) is 9.96. The lowest BCUT2D eigenvalue weighted by Gasteiger charge is -2.33. The molecule has 5 nitrogen and oxygen atoms in total. The predicted molar refractivity (Wildman–Crippen MR) is 120 cm³/mol. The highest BCUT2D eigenvalue weighted by Gasteiger charge is 2.34. The van der Waals surface area contributed by atoms with E-state index in [9.17, 15) is 13.2 Å². The second-order valence-corrected chi connectivity index (χ2v) is 7.89. The molecular weight excluding hydrogens is 482 g/mol. The Bertz CT molecular complexity index is 461. The molecule has 28 heavy (non-hydrogen) atoms. The molecule has 2 unspecified atom stereocenters. The van der Waals surface area contributed by atoms with Gasteiger partial charge in [0.2, 0.25) is 0 Å². The molecule has 0 saturated carbocycles. The van der Waals surface area contributed by atoms with Gasteiger partial charge in [-0.15, -0.1) is 24.0 Å². The van der Waals surface area contributed by atoms with Gasteiger partial charge in [0.25, 0.3) is 0 Å². The molecular formula is C19H37F3IN5. The minimum absolute atomic E-state index is 0. The lowest BCUT2D eigenvalue weighted by molar-refractivity contribution is -0.143.